The zero-order valence-electron chi connectivity index (χ0n) is 13.1. The molecule has 1 aliphatic rings. The maximum atomic E-state index is 6.27. The summed E-state index contributed by atoms with van der Waals surface area (Å²) in [6, 6.07) is 13.9. The quantitative estimate of drug-likeness (QED) is 0.816. The molecule has 23 heavy (non-hydrogen) atoms. The van der Waals surface area contributed by atoms with Crippen LogP contribution in [-0.2, 0) is 6.54 Å². The minimum absolute atomic E-state index is 0.680. The lowest BCUT2D eigenvalue weighted by atomic mass is 10.2. The summed E-state index contributed by atoms with van der Waals surface area (Å²) in [5.41, 5.74) is 2.29. The van der Waals surface area contributed by atoms with E-state index >= 15 is 0 Å². The third-order valence-corrected chi connectivity index (χ3v) is 4.79. The lowest BCUT2D eigenvalue weighted by molar-refractivity contribution is 0.249. The molecule has 1 fully saturated rings. The number of nitrogens with zero attached hydrogens (tertiary/aromatic N) is 2. The summed E-state index contributed by atoms with van der Waals surface area (Å²) in [6.45, 7) is 4.81. The van der Waals surface area contributed by atoms with E-state index in [1.54, 1.807) is 7.11 Å². The summed E-state index contributed by atoms with van der Waals surface area (Å²) >= 11 is 12.2. The Morgan fingerprint density at radius 1 is 1.00 bits per heavy atom. The third kappa shape index (κ3) is 3.92. The molecular weight excluding hydrogens is 331 g/mol. The van der Waals surface area contributed by atoms with Gasteiger partial charge in [-0.3, -0.25) is 4.90 Å². The summed E-state index contributed by atoms with van der Waals surface area (Å²) in [5, 5.41) is 1.42. The summed E-state index contributed by atoms with van der Waals surface area (Å²) < 4.78 is 5.46. The molecule has 0 radical (unpaired) electrons. The van der Waals surface area contributed by atoms with Crippen molar-refractivity contribution in [1.29, 1.82) is 0 Å². The van der Waals surface area contributed by atoms with Crippen molar-refractivity contribution in [3.8, 4) is 5.75 Å². The van der Waals surface area contributed by atoms with Crippen molar-refractivity contribution >= 4 is 28.9 Å². The van der Waals surface area contributed by atoms with E-state index in [0.717, 1.165) is 49.1 Å². The summed E-state index contributed by atoms with van der Waals surface area (Å²) in [6.07, 6.45) is 0. The monoisotopic (exact) mass is 350 g/mol. The molecule has 0 bridgehead atoms. The first-order valence-corrected chi connectivity index (χ1v) is 8.47. The lowest BCUT2D eigenvalue weighted by Crippen LogP contribution is -2.46. The molecule has 0 saturated carbocycles. The van der Waals surface area contributed by atoms with E-state index in [-0.39, 0.29) is 0 Å². The highest BCUT2D eigenvalue weighted by atomic mass is 35.5. The summed E-state index contributed by atoms with van der Waals surface area (Å²) in [4.78, 5) is 4.79. The van der Waals surface area contributed by atoms with Gasteiger partial charge in [0, 0.05) is 42.8 Å². The molecule has 3 rings (SSSR count). The van der Waals surface area contributed by atoms with Crippen LogP contribution in [-0.4, -0.2) is 38.2 Å². The highest BCUT2D eigenvalue weighted by Gasteiger charge is 2.20. The number of para-hydroxylation sites is 2. The Morgan fingerprint density at radius 3 is 2.43 bits per heavy atom. The second kappa shape index (κ2) is 7.43. The largest absolute Gasteiger partial charge is 0.495 e. The van der Waals surface area contributed by atoms with E-state index < -0.39 is 0 Å². The van der Waals surface area contributed by atoms with Gasteiger partial charge in [-0.15, -0.1) is 0 Å². The van der Waals surface area contributed by atoms with Crippen LogP contribution in [0.2, 0.25) is 10.0 Å². The molecule has 0 atom stereocenters. The van der Waals surface area contributed by atoms with Gasteiger partial charge >= 0.3 is 0 Å². The van der Waals surface area contributed by atoms with E-state index in [1.165, 1.54) is 5.69 Å². The average Bonchev–Trinajstić information content (AvgIpc) is 2.58. The molecular formula is C18H20Cl2N2O. The van der Waals surface area contributed by atoms with Gasteiger partial charge in [-0.05, 0) is 29.8 Å². The highest BCUT2D eigenvalue weighted by Crippen LogP contribution is 2.29. The molecule has 0 aliphatic carbocycles. The molecule has 3 nitrogen and oxygen atoms in total. The van der Waals surface area contributed by atoms with Crippen LogP contribution in [0.5, 0.6) is 5.75 Å². The van der Waals surface area contributed by atoms with Crippen LogP contribution in [0.4, 0.5) is 5.69 Å². The predicted molar refractivity (Wildman–Crippen MR) is 96.9 cm³/mol. The van der Waals surface area contributed by atoms with Crippen LogP contribution >= 0.6 is 23.2 Å². The second-order valence-electron chi connectivity index (χ2n) is 5.67. The van der Waals surface area contributed by atoms with E-state index in [4.69, 9.17) is 27.9 Å². The molecule has 0 unspecified atom stereocenters. The number of hydrogen-bond donors (Lipinski definition) is 0. The number of ether oxygens (including phenoxy) is 1. The number of rotatable bonds is 4. The van der Waals surface area contributed by atoms with Crippen molar-refractivity contribution in [1.82, 2.24) is 4.90 Å². The van der Waals surface area contributed by atoms with Crippen molar-refractivity contribution in [3.63, 3.8) is 0 Å². The van der Waals surface area contributed by atoms with E-state index in [9.17, 15) is 0 Å². The fraction of sp³-hybridized carbons (Fsp3) is 0.333. The molecule has 1 heterocycles. The van der Waals surface area contributed by atoms with Gasteiger partial charge in [-0.25, -0.2) is 0 Å². The number of halogens is 2. The van der Waals surface area contributed by atoms with E-state index in [0.29, 0.717) is 5.02 Å². The Kier molecular flexibility index (Phi) is 5.31. The first kappa shape index (κ1) is 16.4. The number of anilines is 1. The van der Waals surface area contributed by atoms with E-state index in [1.807, 2.05) is 30.3 Å². The van der Waals surface area contributed by atoms with Gasteiger partial charge in [-0.1, -0.05) is 41.4 Å². The van der Waals surface area contributed by atoms with Crippen molar-refractivity contribution in [2.24, 2.45) is 0 Å². The number of piperazine rings is 1. The molecule has 0 spiro atoms. The fourth-order valence-electron chi connectivity index (χ4n) is 2.93. The first-order valence-electron chi connectivity index (χ1n) is 7.71. The third-order valence-electron chi connectivity index (χ3n) is 4.21. The molecule has 5 heteroatoms. The molecule has 0 aromatic heterocycles. The molecule has 2 aromatic rings. The zero-order chi connectivity index (χ0) is 16.2. The van der Waals surface area contributed by atoms with Gasteiger partial charge in [0.1, 0.15) is 5.75 Å². The number of methoxy groups -OCH3 is 1. The number of hydrogen-bond acceptors (Lipinski definition) is 3. The lowest BCUT2D eigenvalue weighted by Gasteiger charge is -2.36. The number of benzene rings is 2. The van der Waals surface area contributed by atoms with Crippen LogP contribution in [0, 0.1) is 0 Å². The molecule has 1 aliphatic heterocycles. The van der Waals surface area contributed by atoms with Crippen molar-refractivity contribution in [2.75, 3.05) is 38.2 Å². The molecule has 1 saturated heterocycles. The summed E-state index contributed by atoms with van der Waals surface area (Å²) in [5.74, 6) is 0.932. The maximum Gasteiger partial charge on any atom is 0.142 e. The van der Waals surface area contributed by atoms with Crippen LogP contribution in [0.25, 0.3) is 0 Å². The molecule has 2 aromatic carbocycles. The van der Waals surface area contributed by atoms with Gasteiger partial charge in [0.05, 0.1) is 12.8 Å². The Hall–Kier alpha value is -1.42. The van der Waals surface area contributed by atoms with Gasteiger partial charge < -0.3 is 9.64 Å². The second-order valence-corrected chi connectivity index (χ2v) is 6.51. The van der Waals surface area contributed by atoms with Crippen LogP contribution < -0.4 is 9.64 Å². The fourth-order valence-corrected chi connectivity index (χ4v) is 3.40. The first-order chi connectivity index (χ1) is 11.2. The van der Waals surface area contributed by atoms with E-state index in [2.05, 4.69) is 21.9 Å². The highest BCUT2D eigenvalue weighted by molar-refractivity contribution is 6.35. The van der Waals surface area contributed by atoms with Gasteiger partial charge in [-0.2, -0.15) is 0 Å². The topological polar surface area (TPSA) is 15.7 Å². The molecule has 0 amide bonds. The van der Waals surface area contributed by atoms with Gasteiger partial charge in [0.2, 0.25) is 0 Å². The predicted octanol–water partition coefficient (Wildman–Crippen LogP) is 4.32. The minimum atomic E-state index is 0.680. The zero-order valence-corrected chi connectivity index (χ0v) is 14.6. The normalized spacial score (nSPS) is 15.7. The van der Waals surface area contributed by atoms with Crippen molar-refractivity contribution in [2.45, 2.75) is 6.54 Å². The Balaban J connectivity index is 1.62. The molecule has 122 valence electrons. The SMILES string of the molecule is COc1ccccc1N1CCN(Cc2ccc(Cl)cc2Cl)CC1. The smallest absolute Gasteiger partial charge is 0.142 e. The van der Waals surface area contributed by atoms with Crippen LogP contribution in [0.1, 0.15) is 5.56 Å². The average molecular weight is 351 g/mol. The Morgan fingerprint density at radius 2 is 1.74 bits per heavy atom. The standard InChI is InChI=1S/C18H20Cl2N2O/c1-23-18-5-3-2-4-17(18)22-10-8-21(9-11-22)13-14-6-7-15(19)12-16(14)20/h2-7,12H,8-11,13H2,1H3. The minimum Gasteiger partial charge on any atom is -0.495 e. The molecule has 0 N–H and O–H groups in total. The maximum absolute atomic E-state index is 6.27. The Labute approximate surface area is 147 Å². The Bertz CT molecular complexity index is 670. The van der Waals surface area contributed by atoms with Crippen LogP contribution in [0.15, 0.2) is 42.5 Å². The summed E-state index contributed by atoms with van der Waals surface area (Å²) in [7, 11) is 1.72. The van der Waals surface area contributed by atoms with Crippen molar-refractivity contribution in [3.05, 3.63) is 58.1 Å². The van der Waals surface area contributed by atoms with Crippen LogP contribution in [0.3, 0.4) is 0 Å². The van der Waals surface area contributed by atoms with Gasteiger partial charge in [0.25, 0.3) is 0 Å². The van der Waals surface area contributed by atoms with Crippen molar-refractivity contribution < 1.29 is 4.74 Å². The van der Waals surface area contributed by atoms with Gasteiger partial charge in [0.15, 0.2) is 0 Å².